The summed E-state index contributed by atoms with van der Waals surface area (Å²) in [7, 11) is 0. The van der Waals surface area contributed by atoms with Crippen molar-refractivity contribution in [1.82, 2.24) is 19.9 Å². The fourth-order valence-electron chi connectivity index (χ4n) is 2.26. The lowest BCUT2D eigenvalue weighted by Crippen LogP contribution is -2.25. The van der Waals surface area contributed by atoms with E-state index in [0.717, 1.165) is 0 Å². The first-order valence-corrected chi connectivity index (χ1v) is 7.73. The summed E-state index contributed by atoms with van der Waals surface area (Å²) in [6.07, 6.45) is 1.72. The van der Waals surface area contributed by atoms with Gasteiger partial charge in [0.15, 0.2) is 5.65 Å². The Morgan fingerprint density at radius 2 is 1.76 bits per heavy atom. The molecular weight excluding hydrogens is 325 g/mol. The third-order valence-corrected chi connectivity index (χ3v) is 3.58. The van der Waals surface area contributed by atoms with Gasteiger partial charge in [-0.25, -0.2) is 4.39 Å². The molecule has 3 aromatic rings. The van der Waals surface area contributed by atoms with Gasteiger partial charge in [0.1, 0.15) is 5.82 Å². The fraction of sp³-hybridized carbons (Fsp3) is 0.176. The minimum absolute atomic E-state index is 0.00295. The van der Waals surface area contributed by atoms with Crippen LogP contribution in [0.15, 0.2) is 48.7 Å². The van der Waals surface area contributed by atoms with Crippen molar-refractivity contribution in [1.29, 1.82) is 0 Å². The van der Waals surface area contributed by atoms with Crippen molar-refractivity contribution in [3.63, 3.8) is 0 Å². The molecule has 2 heterocycles. The van der Waals surface area contributed by atoms with E-state index < -0.39 is 0 Å². The van der Waals surface area contributed by atoms with E-state index in [9.17, 15) is 14.0 Å². The van der Waals surface area contributed by atoms with E-state index in [1.807, 2.05) is 6.07 Å². The van der Waals surface area contributed by atoms with Gasteiger partial charge >= 0.3 is 0 Å². The standard InChI is InChI=1S/C17H16FN5O2/c18-13-6-2-1-5-12(13)11-19-15(24)8-9-16(25)20-17-22-21-14-7-3-4-10-23(14)17/h1-7,10H,8-9,11H2,(H,19,24)(H,20,22,25). The highest BCUT2D eigenvalue weighted by Crippen LogP contribution is 2.08. The number of aromatic nitrogens is 3. The molecule has 2 N–H and O–H groups in total. The summed E-state index contributed by atoms with van der Waals surface area (Å²) >= 11 is 0. The van der Waals surface area contributed by atoms with Crippen LogP contribution >= 0.6 is 0 Å². The van der Waals surface area contributed by atoms with Gasteiger partial charge in [0, 0.05) is 31.1 Å². The molecule has 7 nitrogen and oxygen atoms in total. The number of benzene rings is 1. The summed E-state index contributed by atoms with van der Waals surface area (Å²) in [6, 6.07) is 11.6. The van der Waals surface area contributed by atoms with Crippen molar-refractivity contribution in [3.05, 3.63) is 60.0 Å². The van der Waals surface area contributed by atoms with Crippen molar-refractivity contribution in [2.45, 2.75) is 19.4 Å². The summed E-state index contributed by atoms with van der Waals surface area (Å²) in [5.41, 5.74) is 1.01. The molecule has 25 heavy (non-hydrogen) atoms. The van der Waals surface area contributed by atoms with Crippen LogP contribution in [0, 0.1) is 5.82 Å². The minimum atomic E-state index is -0.376. The van der Waals surface area contributed by atoms with E-state index in [0.29, 0.717) is 17.2 Å². The molecule has 128 valence electrons. The van der Waals surface area contributed by atoms with Crippen LogP contribution in [0.3, 0.4) is 0 Å². The first-order chi connectivity index (χ1) is 12.1. The molecule has 2 aromatic heterocycles. The maximum atomic E-state index is 13.5. The molecule has 1 aromatic carbocycles. The lowest BCUT2D eigenvalue weighted by atomic mass is 10.2. The Balaban J connectivity index is 1.47. The van der Waals surface area contributed by atoms with Crippen LogP contribution in [-0.2, 0) is 16.1 Å². The van der Waals surface area contributed by atoms with Crippen LogP contribution in [0.25, 0.3) is 5.65 Å². The summed E-state index contributed by atoms with van der Waals surface area (Å²) in [4.78, 5) is 23.8. The van der Waals surface area contributed by atoms with E-state index in [1.165, 1.54) is 6.07 Å². The zero-order valence-electron chi connectivity index (χ0n) is 13.3. The molecule has 0 radical (unpaired) electrons. The van der Waals surface area contributed by atoms with Crippen molar-refractivity contribution in [2.24, 2.45) is 0 Å². The van der Waals surface area contributed by atoms with Crippen molar-refractivity contribution >= 4 is 23.4 Å². The number of halogens is 1. The summed E-state index contributed by atoms with van der Waals surface area (Å²) < 4.78 is 15.1. The minimum Gasteiger partial charge on any atom is -0.352 e. The van der Waals surface area contributed by atoms with Crippen molar-refractivity contribution < 1.29 is 14.0 Å². The third kappa shape index (κ3) is 4.17. The molecule has 0 atom stereocenters. The monoisotopic (exact) mass is 341 g/mol. The highest BCUT2D eigenvalue weighted by atomic mass is 19.1. The normalized spacial score (nSPS) is 10.6. The number of pyridine rings is 1. The molecule has 0 fully saturated rings. The Morgan fingerprint density at radius 1 is 1.00 bits per heavy atom. The van der Waals surface area contributed by atoms with Crippen LogP contribution in [-0.4, -0.2) is 26.4 Å². The van der Waals surface area contributed by atoms with Crippen LogP contribution in [0.1, 0.15) is 18.4 Å². The second-order valence-electron chi connectivity index (χ2n) is 5.37. The van der Waals surface area contributed by atoms with Gasteiger partial charge < -0.3 is 5.32 Å². The molecule has 0 saturated heterocycles. The van der Waals surface area contributed by atoms with Crippen LogP contribution in [0.4, 0.5) is 10.3 Å². The second kappa shape index (κ2) is 7.52. The Kier molecular flexibility index (Phi) is 4.98. The zero-order chi connectivity index (χ0) is 17.6. The number of hydrogen-bond acceptors (Lipinski definition) is 4. The highest BCUT2D eigenvalue weighted by Gasteiger charge is 2.11. The van der Waals surface area contributed by atoms with Gasteiger partial charge in [-0.05, 0) is 18.2 Å². The quantitative estimate of drug-likeness (QED) is 0.717. The molecule has 2 amide bonds. The number of nitrogens with one attached hydrogen (secondary N) is 2. The second-order valence-corrected chi connectivity index (χ2v) is 5.37. The largest absolute Gasteiger partial charge is 0.352 e. The molecule has 0 aliphatic rings. The predicted molar refractivity (Wildman–Crippen MR) is 89.1 cm³/mol. The van der Waals surface area contributed by atoms with Crippen LogP contribution in [0.5, 0.6) is 0 Å². The van der Waals surface area contributed by atoms with Crippen LogP contribution in [0.2, 0.25) is 0 Å². The SMILES string of the molecule is O=C(CCC(=O)Nc1nnc2ccccn12)NCc1ccccc1F. The topological polar surface area (TPSA) is 88.4 Å². The lowest BCUT2D eigenvalue weighted by Gasteiger charge is -2.06. The Hall–Kier alpha value is -3.29. The van der Waals surface area contributed by atoms with Gasteiger partial charge in [0.05, 0.1) is 0 Å². The Labute approximate surface area is 142 Å². The third-order valence-electron chi connectivity index (χ3n) is 3.58. The van der Waals surface area contributed by atoms with Gasteiger partial charge in [-0.2, -0.15) is 0 Å². The number of carbonyl (C=O) groups excluding carboxylic acids is 2. The molecule has 3 rings (SSSR count). The number of carbonyl (C=O) groups is 2. The summed E-state index contributed by atoms with van der Waals surface area (Å²) in [5.74, 6) is -0.754. The Bertz CT molecular complexity index is 909. The molecule has 0 spiro atoms. The van der Waals surface area contributed by atoms with Crippen molar-refractivity contribution in [2.75, 3.05) is 5.32 Å². The van der Waals surface area contributed by atoms with E-state index in [4.69, 9.17) is 0 Å². The number of anilines is 1. The van der Waals surface area contributed by atoms with Crippen molar-refractivity contribution in [3.8, 4) is 0 Å². The van der Waals surface area contributed by atoms with Gasteiger partial charge in [0.25, 0.3) is 0 Å². The predicted octanol–water partition coefficient (Wildman–Crippen LogP) is 1.90. The number of fused-ring (bicyclic) bond motifs is 1. The van der Waals surface area contributed by atoms with Crippen LogP contribution < -0.4 is 10.6 Å². The molecular formula is C17H16FN5O2. The maximum absolute atomic E-state index is 13.5. The molecule has 0 saturated carbocycles. The number of hydrogen-bond donors (Lipinski definition) is 2. The van der Waals surface area contributed by atoms with E-state index in [2.05, 4.69) is 20.8 Å². The van der Waals surface area contributed by atoms with E-state index in [-0.39, 0.29) is 37.0 Å². The van der Waals surface area contributed by atoms with Gasteiger partial charge in [-0.1, -0.05) is 24.3 Å². The number of nitrogens with zero attached hydrogens (tertiary/aromatic N) is 3. The highest BCUT2D eigenvalue weighted by molar-refractivity contribution is 5.92. The zero-order valence-corrected chi connectivity index (χ0v) is 13.3. The molecule has 0 aliphatic carbocycles. The lowest BCUT2D eigenvalue weighted by molar-refractivity contribution is -0.124. The molecule has 0 bridgehead atoms. The Morgan fingerprint density at radius 3 is 2.60 bits per heavy atom. The first-order valence-electron chi connectivity index (χ1n) is 7.73. The average Bonchev–Trinajstić information content (AvgIpc) is 3.02. The average molecular weight is 341 g/mol. The molecule has 0 aliphatic heterocycles. The van der Waals surface area contributed by atoms with E-state index in [1.54, 1.807) is 40.9 Å². The summed E-state index contributed by atoms with van der Waals surface area (Å²) in [6.45, 7) is 0.0853. The first kappa shape index (κ1) is 16.6. The number of rotatable bonds is 6. The van der Waals surface area contributed by atoms with Gasteiger partial charge in [-0.15, -0.1) is 10.2 Å². The maximum Gasteiger partial charge on any atom is 0.235 e. The summed E-state index contributed by atoms with van der Waals surface area (Å²) in [5, 5.41) is 13.0. The van der Waals surface area contributed by atoms with Gasteiger partial charge in [0.2, 0.25) is 17.8 Å². The fourth-order valence-corrected chi connectivity index (χ4v) is 2.26. The number of amides is 2. The smallest absolute Gasteiger partial charge is 0.235 e. The molecule has 0 unspecified atom stereocenters. The van der Waals surface area contributed by atoms with Gasteiger partial charge in [-0.3, -0.25) is 19.3 Å². The van der Waals surface area contributed by atoms with E-state index >= 15 is 0 Å². The molecule has 8 heteroatoms.